The lowest BCUT2D eigenvalue weighted by Gasteiger charge is -2.31. The summed E-state index contributed by atoms with van der Waals surface area (Å²) in [4.78, 5) is 11.3. The number of rotatable bonds is 3. The number of carboxylic acid groups (broad SMARTS) is 1. The second-order valence-electron chi connectivity index (χ2n) is 4.42. The summed E-state index contributed by atoms with van der Waals surface area (Å²) in [6, 6.07) is 5.49. The summed E-state index contributed by atoms with van der Waals surface area (Å²) in [5.74, 6) is -1.08. The summed E-state index contributed by atoms with van der Waals surface area (Å²) >= 11 is 2.09. The van der Waals surface area contributed by atoms with Gasteiger partial charge in [-0.2, -0.15) is 4.31 Å². The van der Waals surface area contributed by atoms with Crippen LogP contribution in [0, 0.1) is 3.57 Å². The number of piperidine rings is 1. The Hall–Kier alpha value is -0.670. The van der Waals surface area contributed by atoms with Gasteiger partial charge in [-0.1, -0.05) is 0 Å². The summed E-state index contributed by atoms with van der Waals surface area (Å²) in [6.07, 6.45) is 1.82. The van der Waals surface area contributed by atoms with Gasteiger partial charge in [-0.25, -0.2) is 8.42 Å². The number of benzene rings is 1. The van der Waals surface area contributed by atoms with Crippen molar-refractivity contribution in [1.82, 2.24) is 4.31 Å². The minimum atomic E-state index is -3.72. The number of carbonyl (C=O) groups is 1. The lowest BCUT2D eigenvalue weighted by atomic mass is 10.1. The van der Waals surface area contributed by atoms with E-state index in [0.717, 1.165) is 14.3 Å². The zero-order valence-electron chi connectivity index (χ0n) is 10.1. The number of hydrogen-bond donors (Lipinski definition) is 1. The molecule has 1 aromatic rings. The second-order valence-corrected chi connectivity index (χ2v) is 7.56. The van der Waals surface area contributed by atoms with Gasteiger partial charge in [-0.3, -0.25) is 4.79 Å². The van der Waals surface area contributed by atoms with Crippen LogP contribution < -0.4 is 0 Å². The molecule has 104 valence electrons. The van der Waals surface area contributed by atoms with Crippen LogP contribution in [0.5, 0.6) is 0 Å². The monoisotopic (exact) mass is 395 g/mol. The van der Waals surface area contributed by atoms with E-state index >= 15 is 0 Å². The van der Waals surface area contributed by atoms with Crippen molar-refractivity contribution in [2.75, 3.05) is 6.54 Å². The van der Waals surface area contributed by atoms with Crippen molar-refractivity contribution in [2.24, 2.45) is 0 Å². The Labute approximate surface area is 125 Å². The van der Waals surface area contributed by atoms with Crippen LogP contribution in [-0.4, -0.2) is 36.4 Å². The molecule has 1 aliphatic rings. The predicted molar refractivity (Wildman–Crippen MR) is 78.3 cm³/mol. The van der Waals surface area contributed by atoms with Gasteiger partial charge in [-0.15, -0.1) is 0 Å². The first kappa shape index (κ1) is 14.7. The third-order valence-corrected chi connectivity index (χ3v) is 5.80. The molecule has 0 amide bonds. The summed E-state index contributed by atoms with van der Waals surface area (Å²) in [5, 5.41) is 9.16. The molecule has 0 saturated carbocycles. The van der Waals surface area contributed by atoms with E-state index in [4.69, 9.17) is 5.11 Å². The van der Waals surface area contributed by atoms with Gasteiger partial charge in [0.05, 0.1) is 4.90 Å². The van der Waals surface area contributed by atoms with Gasteiger partial charge in [0.2, 0.25) is 10.0 Å². The Morgan fingerprint density at radius 3 is 2.47 bits per heavy atom. The maximum absolute atomic E-state index is 12.5. The molecule has 1 atom stereocenters. The van der Waals surface area contributed by atoms with E-state index in [0.29, 0.717) is 12.8 Å². The highest BCUT2D eigenvalue weighted by Gasteiger charge is 2.37. The molecule has 0 radical (unpaired) electrons. The fourth-order valence-corrected chi connectivity index (χ4v) is 4.19. The van der Waals surface area contributed by atoms with Gasteiger partial charge in [0.25, 0.3) is 0 Å². The molecule has 7 heteroatoms. The highest BCUT2D eigenvalue weighted by molar-refractivity contribution is 14.1. The summed E-state index contributed by atoms with van der Waals surface area (Å²) in [6.45, 7) is 0.269. The van der Waals surface area contributed by atoms with Crippen LogP contribution in [0.25, 0.3) is 0 Å². The summed E-state index contributed by atoms with van der Waals surface area (Å²) < 4.78 is 27.0. The van der Waals surface area contributed by atoms with Crippen LogP contribution >= 0.6 is 22.6 Å². The van der Waals surface area contributed by atoms with Crippen molar-refractivity contribution in [3.05, 3.63) is 27.8 Å². The third kappa shape index (κ3) is 3.09. The van der Waals surface area contributed by atoms with Gasteiger partial charge in [-0.05, 0) is 66.1 Å². The molecule has 0 aliphatic carbocycles. The number of halogens is 1. The zero-order valence-corrected chi connectivity index (χ0v) is 13.1. The van der Waals surface area contributed by atoms with Crippen molar-refractivity contribution in [3.8, 4) is 0 Å². The molecule has 19 heavy (non-hydrogen) atoms. The molecule has 0 spiro atoms. The summed E-state index contributed by atoms with van der Waals surface area (Å²) in [7, 11) is -3.72. The second kappa shape index (κ2) is 5.76. The molecule has 1 fully saturated rings. The first-order valence-corrected chi connectivity index (χ1v) is 8.45. The largest absolute Gasteiger partial charge is 0.480 e. The topological polar surface area (TPSA) is 74.7 Å². The Balaban J connectivity index is 2.37. The van der Waals surface area contributed by atoms with Gasteiger partial charge in [0.15, 0.2) is 0 Å². The minimum Gasteiger partial charge on any atom is -0.480 e. The normalized spacial score (nSPS) is 21.2. The minimum absolute atomic E-state index is 0.154. The van der Waals surface area contributed by atoms with Crippen LogP contribution in [0.2, 0.25) is 0 Å². The van der Waals surface area contributed by atoms with Crippen LogP contribution in [-0.2, 0) is 14.8 Å². The van der Waals surface area contributed by atoms with Crippen molar-refractivity contribution < 1.29 is 18.3 Å². The number of aliphatic carboxylic acids is 1. The molecule has 5 nitrogen and oxygen atoms in total. The number of carboxylic acids is 1. The quantitative estimate of drug-likeness (QED) is 0.794. The number of nitrogens with zero attached hydrogens (tertiary/aromatic N) is 1. The molecule has 0 unspecified atom stereocenters. The van der Waals surface area contributed by atoms with E-state index in [2.05, 4.69) is 22.6 Å². The predicted octanol–water partition coefficient (Wildman–Crippen LogP) is 1.92. The first-order valence-electron chi connectivity index (χ1n) is 5.93. The smallest absolute Gasteiger partial charge is 0.322 e. The van der Waals surface area contributed by atoms with E-state index in [-0.39, 0.29) is 11.4 Å². The van der Waals surface area contributed by atoms with E-state index in [1.54, 1.807) is 12.1 Å². The van der Waals surface area contributed by atoms with Crippen LogP contribution in [0.15, 0.2) is 29.2 Å². The molecule has 1 N–H and O–H groups in total. The molecule has 1 aromatic carbocycles. The number of hydrogen-bond acceptors (Lipinski definition) is 3. The lowest BCUT2D eigenvalue weighted by Crippen LogP contribution is -2.47. The fourth-order valence-electron chi connectivity index (χ4n) is 2.18. The van der Waals surface area contributed by atoms with Crippen molar-refractivity contribution in [3.63, 3.8) is 0 Å². The Morgan fingerprint density at radius 1 is 1.26 bits per heavy atom. The van der Waals surface area contributed by atoms with Crippen LogP contribution in [0.3, 0.4) is 0 Å². The molecule has 1 saturated heterocycles. The zero-order chi connectivity index (χ0) is 14.0. The molecule has 2 rings (SSSR count). The average molecular weight is 395 g/mol. The van der Waals surface area contributed by atoms with Gasteiger partial charge < -0.3 is 5.11 Å². The average Bonchev–Trinajstić information content (AvgIpc) is 2.39. The SMILES string of the molecule is O=C(O)[C@@H]1CCCCN1S(=O)(=O)c1ccc(I)cc1. The Morgan fingerprint density at radius 2 is 1.89 bits per heavy atom. The molecule has 0 aromatic heterocycles. The Kier molecular flexibility index (Phi) is 4.46. The highest BCUT2D eigenvalue weighted by atomic mass is 127. The van der Waals surface area contributed by atoms with E-state index in [9.17, 15) is 13.2 Å². The van der Waals surface area contributed by atoms with Crippen LogP contribution in [0.4, 0.5) is 0 Å². The van der Waals surface area contributed by atoms with Crippen molar-refractivity contribution >= 4 is 38.6 Å². The molecular formula is C12H14INO4S. The van der Waals surface area contributed by atoms with E-state index in [1.165, 1.54) is 12.1 Å². The fraction of sp³-hybridized carbons (Fsp3) is 0.417. The molecule has 1 aliphatic heterocycles. The van der Waals surface area contributed by atoms with Crippen molar-refractivity contribution in [2.45, 2.75) is 30.2 Å². The molecular weight excluding hydrogens is 381 g/mol. The maximum Gasteiger partial charge on any atom is 0.322 e. The standard InChI is InChI=1S/C12H14INO4S/c13-9-4-6-10(7-5-9)19(17,18)14-8-2-1-3-11(14)12(15)16/h4-7,11H,1-3,8H2,(H,15,16)/t11-/m0/s1. The highest BCUT2D eigenvalue weighted by Crippen LogP contribution is 2.25. The van der Waals surface area contributed by atoms with E-state index in [1.807, 2.05) is 0 Å². The molecule has 1 heterocycles. The van der Waals surface area contributed by atoms with Gasteiger partial charge >= 0.3 is 5.97 Å². The maximum atomic E-state index is 12.5. The lowest BCUT2D eigenvalue weighted by molar-refractivity contribution is -0.142. The van der Waals surface area contributed by atoms with Gasteiger partial charge in [0, 0.05) is 10.1 Å². The molecule has 0 bridgehead atoms. The third-order valence-electron chi connectivity index (χ3n) is 3.16. The summed E-state index contributed by atoms with van der Waals surface area (Å²) in [5.41, 5.74) is 0. The van der Waals surface area contributed by atoms with Crippen molar-refractivity contribution in [1.29, 1.82) is 0 Å². The van der Waals surface area contributed by atoms with E-state index < -0.39 is 22.0 Å². The van der Waals surface area contributed by atoms with Gasteiger partial charge in [0.1, 0.15) is 6.04 Å². The Bertz CT molecular complexity index is 570. The number of sulfonamides is 1. The first-order chi connectivity index (χ1) is 8.93. The van der Waals surface area contributed by atoms with Crippen LogP contribution in [0.1, 0.15) is 19.3 Å².